The van der Waals surface area contributed by atoms with Gasteiger partial charge in [-0.3, -0.25) is 0 Å². The average molecular weight is 669 g/mol. The van der Waals surface area contributed by atoms with Gasteiger partial charge in [-0.1, -0.05) is 127 Å². The molecule has 0 aliphatic rings. The fourth-order valence-electron chi connectivity index (χ4n) is 7.67. The SMILES string of the molecule is c1ccc(-c2cccc(N(c3ccc4c(c3)sc3ccccc34)c3ccc4c(c3)c3c(-c5ccccc5)cccc3n4-c3ccccc3)c2)cc1. The zero-order valence-corrected chi connectivity index (χ0v) is 28.6. The van der Waals surface area contributed by atoms with E-state index in [2.05, 4.69) is 204 Å². The lowest BCUT2D eigenvalue weighted by Gasteiger charge is -2.26. The minimum Gasteiger partial charge on any atom is -0.310 e. The molecule has 8 aromatic carbocycles. The molecule has 0 unspecified atom stereocenters. The van der Waals surface area contributed by atoms with Crippen molar-refractivity contribution in [1.29, 1.82) is 0 Å². The van der Waals surface area contributed by atoms with Crippen molar-refractivity contribution < 1.29 is 0 Å². The van der Waals surface area contributed by atoms with Gasteiger partial charge in [0.25, 0.3) is 0 Å². The Morgan fingerprint density at radius 1 is 0.373 bits per heavy atom. The van der Waals surface area contributed by atoms with Crippen LogP contribution in [0.5, 0.6) is 0 Å². The maximum absolute atomic E-state index is 2.42. The van der Waals surface area contributed by atoms with E-state index in [9.17, 15) is 0 Å². The third-order valence-corrected chi connectivity index (χ3v) is 11.1. The molecule has 0 bridgehead atoms. The van der Waals surface area contributed by atoms with Crippen molar-refractivity contribution in [3.63, 3.8) is 0 Å². The van der Waals surface area contributed by atoms with Crippen molar-refractivity contribution in [2.24, 2.45) is 0 Å². The van der Waals surface area contributed by atoms with E-state index in [1.54, 1.807) is 0 Å². The van der Waals surface area contributed by atoms with E-state index in [0.29, 0.717) is 0 Å². The van der Waals surface area contributed by atoms with Gasteiger partial charge in [0.15, 0.2) is 0 Å². The molecule has 0 N–H and O–H groups in total. The Hall–Kier alpha value is -6.42. The molecule has 2 nitrogen and oxygen atoms in total. The number of hydrogen-bond acceptors (Lipinski definition) is 2. The summed E-state index contributed by atoms with van der Waals surface area (Å²) in [6.45, 7) is 0. The Kier molecular flexibility index (Phi) is 7.04. The Balaban J connectivity index is 1.25. The van der Waals surface area contributed by atoms with Crippen LogP contribution in [0.4, 0.5) is 17.1 Å². The summed E-state index contributed by atoms with van der Waals surface area (Å²) in [6, 6.07) is 70.4. The molecule has 2 heterocycles. The van der Waals surface area contributed by atoms with Gasteiger partial charge in [0.05, 0.1) is 11.0 Å². The number of fused-ring (bicyclic) bond motifs is 6. The minimum absolute atomic E-state index is 1.11. The first kappa shape index (κ1) is 29.5. The summed E-state index contributed by atoms with van der Waals surface area (Å²) in [6.07, 6.45) is 0. The molecule has 3 heteroatoms. The second-order valence-electron chi connectivity index (χ2n) is 13.0. The molecule has 51 heavy (non-hydrogen) atoms. The maximum Gasteiger partial charge on any atom is 0.0547 e. The predicted molar refractivity (Wildman–Crippen MR) is 219 cm³/mol. The lowest BCUT2D eigenvalue weighted by Crippen LogP contribution is -2.10. The molecule has 0 saturated heterocycles. The molecular formula is C48H32N2S. The highest BCUT2D eigenvalue weighted by Gasteiger charge is 2.20. The number of benzene rings is 8. The molecule has 0 aliphatic carbocycles. The van der Waals surface area contributed by atoms with E-state index in [-0.39, 0.29) is 0 Å². The summed E-state index contributed by atoms with van der Waals surface area (Å²) in [5.41, 5.74) is 11.7. The zero-order valence-electron chi connectivity index (χ0n) is 27.8. The summed E-state index contributed by atoms with van der Waals surface area (Å²) in [5.74, 6) is 0. The van der Waals surface area contributed by atoms with Crippen LogP contribution in [0.15, 0.2) is 194 Å². The molecule has 0 fully saturated rings. The molecule has 0 spiro atoms. The number of anilines is 3. The Morgan fingerprint density at radius 2 is 1.00 bits per heavy atom. The van der Waals surface area contributed by atoms with Gasteiger partial charge in [-0.05, 0) is 89.0 Å². The van der Waals surface area contributed by atoms with Gasteiger partial charge in [-0.2, -0.15) is 0 Å². The smallest absolute Gasteiger partial charge is 0.0547 e. The lowest BCUT2D eigenvalue weighted by atomic mass is 9.99. The zero-order chi connectivity index (χ0) is 33.7. The van der Waals surface area contributed by atoms with Crippen LogP contribution in [0.25, 0.3) is 69.9 Å². The highest BCUT2D eigenvalue weighted by molar-refractivity contribution is 7.25. The monoisotopic (exact) mass is 668 g/mol. The number of hydrogen-bond donors (Lipinski definition) is 0. The van der Waals surface area contributed by atoms with E-state index in [0.717, 1.165) is 22.7 Å². The first-order chi connectivity index (χ1) is 25.3. The number of aromatic nitrogens is 1. The second kappa shape index (κ2) is 12.2. The van der Waals surface area contributed by atoms with Gasteiger partial charge in [-0.15, -0.1) is 11.3 Å². The van der Waals surface area contributed by atoms with Crippen molar-refractivity contribution in [3.05, 3.63) is 194 Å². The van der Waals surface area contributed by atoms with Crippen LogP contribution in [0.2, 0.25) is 0 Å². The van der Waals surface area contributed by atoms with Crippen LogP contribution in [0.3, 0.4) is 0 Å². The molecule has 0 atom stereocenters. The second-order valence-corrected chi connectivity index (χ2v) is 14.1. The lowest BCUT2D eigenvalue weighted by molar-refractivity contribution is 1.18. The Labute approximate surface area is 300 Å². The maximum atomic E-state index is 2.42. The van der Waals surface area contributed by atoms with Crippen LogP contribution in [0, 0.1) is 0 Å². The highest BCUT2D eigenvalue weighted by Crippen LogP contribution is 2.45. The molecule has 2 aromatic heterocycles. The van der Waals surface area contributed by atoms with Gasteiger partial charge in [0.1, 0.15) is 0 Å². The van der Waals surface area contributed by atoms with Crippen molar-refractivity contribution in [2.45, 2.75) is 0 Å². The summed E-state index contributed by atoms with van der Waals surface area (Å²) >= 11 is 1.86. The van der Waals surface area contributed by atoms with Crippen molar-refractivity contribution in [2.75, 3.05) is 4.90 Å². The standard InChI is InChI=1S/C48H32N2S/c1-4-14-33(15-5-1)35-18-12-21-37(30-35)49(39-26-28-42-41-22-10-11-25-46(41)51-47(42)32-39)38-27-29-44-43(31-38)48-40(34-16-6-2-7-17-34)23-13-24-45(48)50(44)36-19-8-3-9-20-36/h1-32H. The fraction of sp³-hybridized carbons (Fsp3) is 0. The molecule has 10 rings (SSSR count). The first-order valence-electron chi connectivity index (χ1n) is 17.4. The van der Waals surface area contributed by atoms with E-state index in [1.165, 1.54) is 64.2 Å². The highest BCUT2D eigenvalue weighted by atomic mass is 32.1. The molecule has 240 valence electrons. The predicted octanol–water partition coefficient (Wildman–Crippen LogP) is 14.0. The normalized spacial score (nSPS) is 11.5. The first-order valence-corrected chi connectivity index (χ1v) is 18.2. The summed E-state index contributed by atoms with van der Waals surface area (Å²) < 4.78 is 5.00. The van der Waals surface area contributed by atoms with Gasteiger partial charge < -0.3 is 9.47 Å². The fourth-order valence-corrected chi connectivity index (χ4v) is 8.81. The number of para-hydroxylation sites is 1. The topological polar surface area (TPSA) is 8.17 Å². The molecular weight excluding hydrogens is 637 g/mol. The van der Waals surface area contributed by atoms with E-state index in [1.807, 2.05) is 11.3 Å². The Morgan fingerprint density at radius 3 is 1.82 bits per heavy atom. The van der Waals surface area contributed by atoms with Gasteiger partial charge in [0.2, 0.25) is 0 Å². The Bertz CT molecular complexity index is 2850. The van der Waals surface area contributed by atoms with Gasteiger partial charge >= 0.3 is 0 Å². The van der Waals surface area contributed by atoms with Crippen LogP contribution in [-0.4, -0.2) is 4.57 Å². The summed E-state index contributed by atoms with van der Waals surface area (Å²) in [4.78, 5) is 2.42. The number of thiophene rings is 1. The third kappa shape index (κ3) is 5.01. The average Bonchev–Trinajstić information content (AvgIpc) is 3.74. The van der Waals surface area contributed by atoms with Gasteiger partial charge in [-0.25, -0.2) is 0 Å². The van der Waals surface area contributed by atoms with E-state index < -0.39 is 0 Å². The van der Waals surface area contributed by atoms with E-state index in [4.69, 9.17) is 0 Å². The summed E-state index contributed by atoms with van der Waals surface area (Å²) in [7, 11) is 0. The van der Waals surface area contributed by atoms with Gasteiger partial charge in [0, 0.05) is 53.7 Å². The number of nitrogens with zero attached hydrogens (tertiary/aromatic N) is 2. The van der Waals surface area contributed by atoms with Crippen molar-refractivity contribution >= 4 is 70.4 Å². The van der Waals surface area contributed by atoms with Crippen LogP contribution < -0.4 is 4.90 Å². The molecule has 0 amide bonds. The van der Waals surface area contributed by atoms with Crippen LogP contribution in [0.1, 0.15) is 0 Å². The molecule has 10 aromatic rings. The van der Waals surface area contributed by atoms with Crippen molar-refractivity contribution in [1.82, 2.24) is 4.57 Å². The quantitative estimate of drug-likeness (QED) is 0.171. The van der Waals surface area contributed by atoms with Crippen LogP contribution >= 0.6 is 11.3 Å². The molecule has 0 aliphatic heterocycles. The minimum atomic E-state index is 1.11. The molecule has 0 radical (unpaired) electrons. The third-order valence-electron chi connectivity index (χ3n) is 9.96. The van der Waals surface area contributed by atoms with E-state index >= 15 is 0 Å². The molecule has 0 saturated carbocycles. The van der Waals surface area contributed by atoms with Crippen LogP contribution in [-0.2, 0) is 0 Å². The number of rotatable bonds is 6. The largest absolute Gasteiger partial charge is 0.310 e. The van der Waals surface area contributed by atoms with Crippen molar-refractivity contribution in [3.8, 4) is 27.9 Å². The summed E-state index contributed by atoms with van der Waals surface area (Å²) in [5, 5.41) is 5.08.